The van der Waals surface area contributed by atoms with Crippen LogP contribution in [0, 0.1) is 5.92 Å². The quantitative estimate of drug-likeness (QED) is 0.139. The first-order valence-corrected chi connectivity index (χ1v) is 19.4. The molecule has 7 rings (SSSR count). The minimum Gasteiger partial charge on any atom is -0.493 e. The number of nitrogens with zero attached hydrogens (tertiary/aromatic N) is 1. The molecule has 0 amide bonds. The summed E-state index contributed by atoms with van der Waals surface area (Å²) in [5.41, 5.74) is 8.15. The number of aliphatic hydroxyl groups is 1. The molecule has 9 nitrogen and oxygen atoms in total. The topological polar surface area (TPSA) is 107 Å². The second-order valence-electron chi connectivity index (χ2n) is 13.7. The van der Waals surface area contributed by atoms with E-state index in [0.717, 1.165) is 70.9 Å². The maximum atomic E-state index is 12.8. The van der Waals surface area contributed by atoms with E-state index < -0.39 is 16.3 Å². The van der Waals surface area contributed by atoms with E-state index in [1.54, 1.807) is 44.6 Å². The number of benzene rings is 5. The Morgan fingerprint density at radius 1 is 0.774 bits per heavy atom. The maximum Gasteiger partial charge on any atom is 0.240 e. The lowest BCUT2D eigenvalue weighted by atomic mass is 9.89. The molecule has 2 aliphatic rings. The summed E-state index contributed by atoms with van der Waals surface area (Å²) in [6, 6.07) is 36.6. The summed E-state index contributed by atoms with van der Waals surface area (Å²) in [7, 11) is -0.286. The smallest absolute Gasteiger partial charge is 0.240 e. The predicted octanol–water partition coefficient (Wildman–Crippen LogP) is 7.19. The molecule has 0 saturated carbocycles. The van der Waals surface area contributed by atoms with Crippen LogP contribution in [0.3, 0.4) is 0 Å². The second-order valence-corrected chi connectivity index (χ2v) is 15.5. The van der Waals surface area contributed by atoms with Gasteiger partial charge in [0, 0.05) is 37.7 Å². The van der Waals surface area contributed by atoms with Gasteiger partial charge in [0.15, 0.2) is 17.8 Å². The Kier molecular flexibility index (Phi) is 11.3. The fourth-order valence-electron chi connectivity index (χ4n) is 7.23. The number of hydrogen-bond acceptors (Lipinski definition) is 8. The highest BCUT2D eigenvalue weighted by Crippen LogP contribution is 2.43. The molecular weight excluding hydrogens is 689 g/mol. The molecule has 1 saturated heterocycles. The third kappa shape index (κ3) is 8.33. The van der Waals surface area contributed by atoms with Crippen molar-refractivity contribution in [3.63, 3.8) is 0 Å². The number of methoxy groups -OCH3 is 2. The van der Waals surface area contributed by atoms with Gasteiger partial charge in [0.25, 0.3) is 0 Å². The molecule has 0 radical (unpaired) electrons. The van der Waals surface area contributed by atoms with Crippen LogP contribution in [0.2, 0.25) is 0 Å². The molecular formula is C43H46N2O7S. The average molecular weight is 735 g/mol. The van der Waals surface area contributed by atoms with Gasteiger partial charge in [0.2, 0.25) is 10.0 Å². The van der Waals surface area contributed by atoms with E-state index in [9.17, 15) is 13.5 Å². The van der Waals surface area contributed by atoms with Crippen molar-refractivity contribution in [3.8, 4) is 22.6 Å². The predicted molar refractivity (Wildman–Crippen MR) is 204 cm³/mol. The summed E-state index contributed by atoms with van der Waals surface area (Å²) in [6.07, 6.45) is -0.0181. The van der Waals surface area contributed by atoms with Crippen LogP contribution in [0.4, 0.5) is 0 Å². The Morgan fingerprint density at radius 2 is 1.47 bits per heavy atom. The molecule has 1 fully saturated rings. The van der Waals surface area contributed by atoms with Gasteiger partial charge >= 0.3 is 0 Å². The van der Waals surface area contributed by atoms with Gasteiger partial charge in [-0.05, 0) is 75.7 Å². The van der Waals surface area contributed by atoms with E-state index in [4.69, 9.17) is 18.9 Å². The van der Waals surface area contributed by atoms with Gasteiger partial charge in [-0.15, -0.1) is 0 Å². The Balaban J connectivity index is 1.09. The van der Waals surface area contributed by atoms with Crippen LogP contribution in [0.1, 0.15) is 52.7 Å². The number of sulfonamides is 1. The lowest BCUT2D eigenvalue weighted by Gasteiger charge is -2.43. The van der Waals surface area contributed by atoms with Crippen molar-refractivity contribution in [1.29, 1.82) is 0 Å². The fraction of sp³-hybridized carbons (Fsp3) is 0.302. The highest BCUT2D eigenvalue weighted by Gasteiger charge is 2.39. The summed E-state index contributed by atoms with van der Waals surface area (Å²) >= 11 is 0. The van der Waals surface area contributed by atoms with Gasteiger partial charge in [-0.3, -0.25) is 4.90 Å². The molecule has 0 aromatic heterocycles. The van der Waals surface area contributed by atoms with Crippen molar-refractivity contribution in [2.45, 2.75) is 56.4 Å². The first-order chi connectivity index (χ1) is 25.7. The summed E-state index contributed by atoms with van der Waals surface area (Å²) in [4.78, 5) is 2.68. The number of fused-ring (bicyclic) bond motifs is 1. The van der Waals surface area contributed by atoms with Crippen molar-refractivity contribution in [3.05, 3.63) is 149 Å². The molecule has 4 atom stereocenters. The molecule has 0 aliphatic carbocycles. The summed E-state index contributed by atoms with van der Waals surface area (Å²) in [6.45, 7) is 4.77. The lowest BCUT2D eigenvalue weighted by molar-refractivity contribution is -0.276. The van der Waals surface area contributed by atoms with Gasteiger partial charge < -0.3 is 24.1 Å². The first kappa shape index (κ1) is 36.8. The van der Waals surface area contributed by atoms with Crippen LogP contribution in [0.15, 0.2) is 120 Å². The number of hydrogen-bond donors (Lipinski definition) is 2. The Morgan fingerprint density at radius 3 is 2.17 bits per heavy atom. The molecule has 5 aromatic carbocycles. The SMILES string of the molecule is COc1cc2c(cc1OC)CN(C[C@@H]1O[C@H](c3ccc(-c4cccc(CNS(=O)(=O)c5ccccc5)c4)cc3)O[C@H](c3ccc(CO)cc3)[C@@H]1C)CC2. The first-order valence-electron chi connectivity index (χ1n) is 18.0. The molecule has 53 heavy (non-hydrogen) atoms. The van der Waals surface area contributed by atoms with Gasteiger partial charge in [0.1, 0.15) is 0 Å². The summed E-state index contributed by atoms with van der Waals surface area (Å²) in [5.74, 6) is 1.54. The molecule has 2 N–H and O–H groups in total. The molecule has 276 valence electrons. The molecule has 0 bridgehead atoms. The zero-order valence-electron chi connectivity index (χ0n) is 30.3. The molecule has 5 aromatic rings. The highest BCUT2D eigenvalue weighted by molar-refractivity contribution is 7.89. The monoisotopic (exact) mass is 734 g/mol. The third-order valence-corrected chi connectivity index (χ3v) is 11.7. The summed E-state index contributed by atoms with van der Waals surface area (Å²) < 4.78 is 53.0. The van der Waals surface area contributed by atoms with Crippen molar-refractivity contribution in [1.82, 2.24) is 9.62 Å². The number of ether oxygens (including phenoxy) is 4. The van der Waals surface area contributed by atoms with Crippen LogP contribution < -0.4 is 14.2 Å². The molecule has 0 unspecified atom stereocenters. The number of nitrogens with one attached hydrogen (secondary N) is 1. The van der Waals surface area contributed by atoms with E-state index >= 15 is 0 Å². The lowest BCUT2D eigenvalue weighted by Crippen LogP contribution is -2.45. The normalized spacial score (nSPS) is 20.5. The van der Waals surface area contributed by atoms with Crippen molar-refractivity contribution in [2.24, 2.45) is 5.92 Å². The maximum absolute atomic E-state index is 12.8. The minimum atomic E-state index is -3.62. The van der Waals surface area contributed by atoms with Gasteiger partial charge in [-0.25, -0.2) is 13.1 Å². The van der Waals surface area contributed by atoms with E-state index in [1.807, 2.05) is 60.7 Å². The molecule has 2 heterocycles. The largest absolute Gasteiger partial charge is 0.493 e. The third-order valence-electron chi connectivity index (χ3n) is 10.3. The van der Waals surface area contributed by atoms with Gasteiger partial charge in [-0.1, -0.05) is 91.9 Å². The minimum absolute atomic E-state index is 0.0125. The van der Waals surface area contributed by atoms with Crippen molar-refractivity contribution < 1.29 is 32.5 Å². The Labute approximate surface area is 312 Å². The van der Waals surface area contributed by atoms with Crippen LogP contribution in [0.5, 0.6) is 11.5 Å². The highest BCUT2D eigenvalue weighted by atomic mass is 32.2. The zero-order chi connectivity index (χ0) is 37.0. The van der Waals surface area contributed by atoms with Crippen LogP contribution in [-0.4, -0.2) is 51.8 Å². The van der Waals surface area contributed by atoms with E-state index in [0.29, 0.717) is 0 Å². The second kappa shape index (κ2) is 16.2. The van der Waals surface area contributed by atoms with E-state index in [1.165, 1.54) is 11.1 Å². The van der Waals surface area contributed by atoms with E-state index in [2.05, 4.69) is 40.8 Å². The van der Waals surface area contributed by atoms with Crippen LogP contribution in [0.25, 0.3) is 11.1 Å². The van der Waals surface area contributed by atoms with Crippen molar-refractivity contribution in [2.75, 3.05) is 27.3 Å². The van der Waals surface area contributed by atoms with Crippen LogP contribution >= 0.6 is 0 Å². The standard InChI is InChI=1S/C43H46N2O7S/c1-29-41(27-45-21-20-36-23-39(49-2)40(50-3)24-37(36)26-45)51-43(52-42(29)33-14-12-30(28-46)13-15-33)34-18-16-32(17-19-34)35-9-7-8-31(22-35)25-44-53(47,48)38-10-5-4-6-11-38/h4-19,22-24,29,41-44,46H,20-21,25-28H2,1-3H3/t29-,41+,42+,43+/m1/s1. The molecule has 10 heteroatoms. The Hall–Kier alpha value is -4.55. The van der Waals surface area contributed by atoms with Crippen molar-refractivity contribution >= 4 is 10.0 Å². The van der Waals surface area contributed by atoms with Gasteiger partial charge in [0.05, 0.1) is 37.9 Å². The van der Waals surface area contributed by atoms with Crippen LogP contribution in [-0.2, 0) is 45.6 Å². The molecule has 2 aliphatic heterocycles. The number of aliphatic hydroxyl groups excluding tert-OH is 1. The fourth-order valence-corrected chi connectivity index (χ4v) is 8.27. The molecule has 0 spiro atoms. The number of rotatable bonds is 12. The summed E-state index contributed by atoms with van der Waals surface area (Å²) in [5, 5.41) is 9.66. The van der Waals surface area contributed by atoms with Gasteiger partial charge in [-0.2, -0.15) is 0 Å². The van der Waals surface area contributed by atoms with E-state index in [-0.39, 0.29) is 36.2 Å². The Bertz CT molecular complexity index is 2110. The average Bonchev–Trinajstić information content (AvgIpc) is 3.21. The zero-order valence-corrected chi connectivity index (χ0v) is 31.1.